The summed E-state index contributed by atoms with van der Waals surface area (Å²) in [5, 5.41) is 20.6. The molecule has 7 heteroatoms. The minimum atomic E-state index is -0.761. The SMILES string of the molecule is N#Cc1c(=O)[nH]c2cc(Cl)c(Cl)cc2[n+]1[O-]. The number of benzene rings is 1. The van der Waals surface area contributed by atoms with E-state index in [0.29, 0.717) is 0 Å². The first-order valence-electron chi connectivity index (χ1n) is 4.09. The molecule has 0 saturated carbocycles. The summed E-state index contributed by atoms with van der Waals surface area (Å²) in [6.45, 7) is 0. The van der Waals surface area contributed by atoms with Gasteiger partial charge in [-0.15, -0.1) is 4.73 Å². The molecule has 0 amide bonds. The smallest absolute Gasteiger partial charge is 0.360 e. The van der Waals surface area contributed by atoms with Crippen LogP contribution < -0.4 is 10.3 Å². The molecular formula is C9H3Cl2N3O2. The molecular weight excluding hydrogens is 253 g/mol. The first-order chi connectivity index (χ1) is 7.54. The molecule has 2 rings (SSSR count). The van der Waals surface area contributed by atoms with Crippen LogP contribution in [0.4, 0.5) is 0 Å². The minimum Gasteiger partial charge on any atom is -0.617 e. The quantitative estimate of drug-likeness (QED) is 0.570. The zero-order valence-electron chi connectivity index (χ0n) is 7.62. The van der Waals surface area contributed by atoms with Gasteiger partial charge in [-0.3, -0.25) is 4.79 Å². The van der Waals surface area contributed by atoms with Crippen LogP contribution in [0.25, 0.3) is 11.0 Å². The second-order valence-electron chi connectivity index (χ2n) is 2.99. The average Bonchev–Trinajstić information content (AvgIpc) is 2.22. The summed E-state index contributed by atoms with van der Waals surface area (Å²) in [6.07, 6.45) is 0. The second-order valence-corrected chi connectivity index (χ2v) is 3.81. The monoisotopic (exact) mass is 255 g/mol. The van der Waals surface area contributed by atoms with Gasteiger partial charge < -0.3 is 10.2 Å². The molecule has 0 aliphatic carbocycles. The maximum atomic E-state index is 11.6. The Kier molecular flexibility index (Phi) is 2.46. The minimum absolute atomic E-state index is 0.0885. The van der Waals surface area contributed by atoms with Crippen molar-refractivity contribution < 1.29 is 4.73 Å². The number of nitriles is 1. The number of nitrogens with one attached hydrogen (secondary N) is 1. The Morgan fingerprint density at radius 3 is 2.62 bits per heavy atom. The predicted molar refractivity (Wildman–Crippen MR) is 58.3 cm³/mol. The lowest BCUT2D eigenvalue weighted by Gasteiger charge is -2.03. The molecule has 0 aliphatic heterocycles. The Hall–Kier alpha value is -1.77. The van der Waals surface area contributed by atoms with E-state index < -0.39 is 11.3 Å². The molecule has 0 saturated heterocycles. The van der Waals surface area contributed by atoms with E-state index in [9.17, 15) is 10.0 Å². The normalized spacial score (nSPS) is 10.3. The van der Waals surface area contributed by atoms with E-state index in [1.54, 1.807) is 0 Å². The van der Waals surface area contributed by atoms with Crippen molar-refractivity contribution in [1.29, 1.82) is 5.26 Å². The van der Waals surface area contributed by atoms with E-state index in [2.05, 4.69) is 4.98 Å². The molecule has 0 fully saturated rings. The van der Waals surface area contributed by atoms with Crippen molar-refractivity contribution >= 4 is 34.2 Å². The summed E-state index contributed by atoms with van der Waals surface area (Å²) in [5.74, 6) is 0. The zero-order chi connectivity index (χ0) is 11.9. The van der Waals surface area contributed by atoms with Crippen LogP contribution >= 0.6 is 23.2 Å². The Bertz CT molecular complexity index is 688. The number of hydrogen-bond acceptors (Lipinski definition) is 3. The first kappa shape index (κ1) is 10.7. The van der Waals surface area contributed by atoms with Crippen LogP contribution in [0.15, 0.2) is 16.9 Å². The number of aromatic amines is 1. The number of halogens is 2. The van der Waals surface area contributed by atoms with Gasteiger partial charge in [-0.1, -0.05) is 23.2 Å². The third-order valence-electron chi connectivity index (χ3n) is 2.03. The molecule has 80 valence electrons. The molecule has 0 spiro atoms. The highest BCUT2D eigenvalue weighted by atomic mass is 35.5. The van der Waals surface area contributed by atoms with Crippen molar-refractivity contribution in [2.75, 3.05) is 0 Å². The Balaban J connectivity index is 3.01. The van der Waals surface area contributed by atoms with E-state index in [-0.39, 0.29) is 25.8 Å². The van der Waals surface area contributed by atoms with Gasteiger partial charge >= 0.3 is 11.3 Å². The summed E-state index contributed by atoms with van der Waals surface area (Å²) >= 11 is 11.5. The molecule has 0 aliphatic rings. The fraction of sp³-hybridized carbons (Fsp3) is 0. The van der Waals surface area contributed by atoms with Crippen LogP contribution in [-0.4, -0.2) is 4.98 Å². The summed E-state index contributed by atoms with van der Waals surface area (Å²) in [7, 11) is 0. The Morgan fingerprint density at radius 2 is 2.00 bits per heavy atom. The van der Waals surface area contributed by atoms with Crippen LogP contribution in [0.2, 0.25) is 10.0 Å². The van der Waals surface area contributed by atoms with E-state index in [4.69, 9.17) is 28.5 Å². The molecule has 0 bridgehead atoms. The number of nitrogens with zero attached hydrogens (tertiary/aromatic N) is 2. The maximum absolute atomic E-state index is 11.6. The van der Waals surface area contributed by atoms with Gasteiger partial charge in [-0.2, -0.15) is 5.26 Å². The van der Waals surface area contributed by atoms with Gasteiger partial charge in [0.15, 0.2) is 6.07 Å². The van der Waals surface area contributed by atoms with Crippen molar-refractivity contribution in [3.8, 4) is 6.07 Å². The van der Waals surface area contributed by atoms with Gasteiger partial charge in [-0.05, 0) is 6.07 Å². The maximum Gasteiger partial charge on any atom is 0.360 e. The van der Waals surface area contributed by atoms with Crippen molar-refractivity contribution in [2.45, 2.75) is 0 Å². The molecule has 0 radical (unpaired) electrons. The van der Waals surface area contributed by atoms with Gasteiger partial charge in [0.25, 0.3) is 0 Å². The molecule has 1 aromatic carbocycles. The number of fused-ring (bicyclic) bond motifs is 1. The van der Waals surface area contributed by atoms with Gasteiger partial charge in [0, 0.05) is 6.07 Å². The molecule has 2 aromatic rings. The molecule has 5 nitrogen and oxygen atoms in total. The topological polar surface area (TPSA) is 83.6 Å². The second kappa shape index (κ2) is 3.67. The lowest BCUT2D eigenvalue weighted by atomic mass is 10.3. The van der Waals surface area contributed by atoms with Crippen molar-refractivity contribution in [3.63, 3.8) is 0 Å². The van der Waals surface area contributed by atoms with Crippen LogP contribution in [0.5, 0.6) is 0 Å². The van der Waals surface area contributed by atoms with Gasteiger partial charge in [-0.25, -0.2) is 0 Å². The first-order valence-corrected chi connectivity index (χ1v) is 4.85. The van der Waals surface area contributed by atoms with Gasteiger partial charge in [0.05, 0.1) is 10.0 Å². The van der Waals surface area contributed by atoms with E-state index in [0.717, 1.165) is 0 Å². The molecule has 1 aromatic heterocycles. The summed E-state index contributed by atoms with van der Waals surface area (Å²) in [6, 6.07) is 4.17. The fourth-order valence-electron chi connectivity index (χ4n) is 1.29. The van der Waals surface area contributed by atoms with Crippen molar-refractivity contribution in [1.82, 2.24) is 4.98 Å². The molecule has 0 atom stereocenters. The lowest BCUT2D eigenvalue weighted by molar-refractivity contribution is -0.581. The third-order valence-corrected chi connectivity index (χ3v) is 2.75. The lowest BCUT2D eigenvalue weighted by Crippen LogP contribution is -2.39. The highest BCUT2D eigenvalue weighted by molar-refractivity contribution is 6.42. The largest absolute Gasteiger partial charge is 0.617 e. The van der Waals surface area contributed by atoms with E-state index in [1.807, 2.05) is 0 Å². The molecule has 0 unspecified atom stereocenters. The van der Waals surface area contributed by atoms with Crippen molar-refractivity contribution in [3.05, 3.63) is 43.4 Å². The summed E-state index contributed by atoms with van der Waals surface area (Å²) < 4.78 is 0.233. The van der Waals surface area contributed by atoms with Crippen LogP contribution in [0.1, 0.15) is 5.69 Å². The zero-order valence-corrected chi connectivity index (χ0v) is 9.13. The van der Waals surface area contributed by atoms with Gasteiger partial charge in [0.2, 0.25) is 5.52 Å². The van der Waals surface area contributed by atoms with Gasteiger partial charge in [0.1, 0.15) is 5.52 Å². The highest BCUT2D eigenvalue weighted by Crippen LogP contribution is 2.24. The highest BCUT2D eigenvalue weighted by Gasteiger charge is 2.17. The molecule has 16 heavy (non-hydrogen) atoms. The predicted octanol–water partition coefficient (Wildman–Crippen LogP) is 1.34. The van der Waals surface area contributed by atoms with Crippen molar-refractivity contribution in [2.24, 2.45) is 0 Å². The summed E-state index contributed by atoms with van der Waals surface area (Å²) in [4.78, 5) is 13.7. The summed E-state index contributed by atoms with van der Waals surface area (Å²) in [5.41, 5.74) is -0.978. The van der Waals surface area contributed by atoms with Crippen LogP contribution in [0.3, 0.4) is 0 Å². The Morgan fingerprint density at radius 1 is 1.38 bits per heavy atom. The van der Waals surface area contributed by atoms with Crippen LogP contribution in [0, 0.1) is 16.5 Å². The Labute approximate surface area is 99.0 Å². The molecule has 1 heterocycles. The third kappa shape index (κ3) is 1.48. The van der Waals surface area contributed by atoms with E-state index >= 15 is 0 Å². The number of rotatable bonds is 0. The average molecular weight is 256 g/mol. The standard InChI is InChI=1S/C9H3Cl2N3O2/c10-4-1-6-7(2-5(4)11)14(16)8(3-12)9(15)13-6/h1-2H,(H,13,15). The number of aromatic nitrogens is 2. The number of hydrogen-bond donors (Lipinski definition) is 1. The molecule has 1 N–H and O–H groups in total. The number of H-pyrrole nitrogens is 1. The van der Waals surface area contributed by atoms with E-state index in [1.165, 1.54) is 18.2 Å². The fourth-order valence-corrected chi connectivity index (χ4v) is 1.62. The van der Waals surface area contributed by atoms with Crippen LogP contribution in [-0.2, 0) is 0 Å².